The van der Waals surface area contributed by atoms with Crippen molar-refractivity contribution in [2.45, 2.75) is 20.3 Å². The summed E-state index contributed by atoms with van der Waals surface area (Å²) in [5.41, 5.74) is 2.97. The third-order valence-corrected chi connectivity index (χ3v) is 4.30. The Balaban J connectivity index is 1.92. The summed E-state index contributed by atoms with van der Waals surface area (Å²) in [6, 6.07) is 7.15. The van der Waals surface area contributed by atoms with Crippen molar-refractivity contribution in [1.29, 1.82) is 0 Å². The van der Waals surface area contributed by atoms with E-state index in [0.717, 1.165) is 29.0 Å². The lowest BCUT2D eigenvalue weighted by molar-refractivity contribution is 0.102. The number of ether oxygens (including phenoxy) is 4. The van der Waals surface area contributed by atoms with Crippen LogP contribution in [0.1, 0.15) is 27.9 Å². The maximum atomic E-state index is 12.9. The smallest absolute Gasteiger partial charge is 0.259 e. The third kappa shape index (κ3) is 3.54. The molecule has 1 N–H and O–H groups in total. The highest BCUT2D eigenvalue weighted by molar-refractivity contribution is 6.07. The van der Waals surface area contributed by atoms with E-state index in [2.05, 4.69) is 5.32 Å². The van der Waals surface area contributed by atoms with Gasteiger partial charge in [0.2, 0.25) is 0 Å². The van der Waals surface area contributed by atoms with Gasteiger partial charge in [0.25, 0.3) is 5.91 Å². The van der Waals surface area contributed by atoms with Gasteiger partial charge < -0.3 is 24.3 Å². The lowest BCUT2D eigenvalue weighted by Gasteiger charge is -2.16. The molecule has 0 saturated heterocycles. The molecule has 0 spiro atoms. The van der Waals surface area contributed by atoms with E-state index in [9.17, 15) is 4.79 Å². The van der Waals surface area contributed by atoms with Crippen molar-refractivity contribution in [2.75, 3.05) is 32.8 Å². The molecule has 0 saturated carbocycles. The molecular formula is C20H23NO5. The Labute approximate surface area is 153 Å². The van der Waals surface area contributed by atoms with Crippen LogP contribution in [0.15, 0.2) is 24.3 Å². The normalized spacial score (nSPS) is 12.9. The fourth-order valence-corrected chi connectivity index (χ4v) is 2.87. The summed E-state index contributed by atoms with van der Waals surface area (Å²) >= 11 is 0. The Kier molecular flexibility index (Phi) is 5.21. The van der Waals surface area contributed by atoms with Crippen LogP contribution < -0.4 is 24.3 Å². The van der Waals surface area contributed by atoms with Crippen LogP contribution in [-0.4, -0.2) is 33.3 Å². The number of carbonyl (C=O) groups excluding carboxylic acids is 1. The molecule has 0 aliphatic carbocycles. The second-order valence-corrected chi connectivity index (χ2v) is 6.14. The van der Waals surface area contributed by atoms with Crippen molar-refractivity contribution in [3.05, 3.63) is 41.0 Å². The molecule has 6 heteroatoms. The van der Waals surface area contributed by atoms with Gasteiger partial charge in [-0.2, -0.15) is 0 Å². The van der Waals surface area contributed by atoms with Gasteiger partial charge >= 0.3 is 0 Å². The summed E-state index contributed by atoms with van der Waals surface area (Å²) in [6.45, 7) is 4.98. The van der Waals surface area contributed by atoms with Gasteiger partial charge in [-0.15, -0.1) is 0 Å². The molecule has 0 bridgehead atoms. The number of nitrogens with one attached hydrogen (secondary N) is 1. The minimum atomic E-state index is -0.273. The molecule has 0 radical (unpaired) electrons. The Morgan fingerprint density at radius 1 is 0.923 bits per heavy atom. The number of rotatable bonds is 4. The molecule has 2 aromatic rings. The first-order valence-electron chi connectivity index (χ1n) is 8.47. The van der Waals surface area contributed by atoms with Crippen LogP contribution in [0.5, 0.6) is 23.0 Å². The van der Waals surface area contributed by atoms with E-state index in [1.807, 2.05) is 26.0 Å². The van der Waals surface area contributed by atoms with E-state index < -0.39 is 0 Å². The Hall–Kier alpha value is -2.89. The predicted molar refractivity (Wildman–Crippen MR) is 99.0 cm³/mol. The third-order valence-electron chi connectivity index (χ3n) is 4.30. The van der Waals surface area contributed by atoms with Crippen molar-refractivity contribution in [1.82, 2.24) is 0 Å². The molecule has 6 nitrogen and oxygen atoms in total. The minimum absolute atomic E-state index is 0.273. The van der Waals surface area contributed by atoms with E-state index in [-0.39, 0.29) is 5.91 Å². The number of benzene rings is 2. The molecule has 1 amide bonds. The summed E-state index contributed by atoms with van der Waals surface area (Å²) in [4.78, 5) is 12.9. The van der Waals surface area contributed by atoms with Gasteiger partial charge in [-0.3, -0.25) is 4.79 Å². The number of hydrogen-bond acceptors (Lipinski definition) is 5. The molecule has 1 heterocycles. The standard InChI is InChI=1S/C20H23NO5/c1-12-9-16(23-3)13(2)8-15(12)21-20(22)14-10-18-19(11-17(14)24-4)26-7-5-6-25-18/h8-11H,5-7H2,1-4H3,(H,21,22). The molecule has 2 aromatic carbocycles. The predicted octanol–water partition coefficient (Wildman–Crippen LogP) is 3.73. The zero-order valence-electron chi connectivity index (χ0n) is 15.5. The number of amides is 1. The van der Waals surface area contributed by atoms with Gasteiger partial charge in [-0.25, -0.2) is 0 Å². The number of anilines is 1. The van der Waals surface area contributed by atoms with Crippen LogP contribution in [0.3, 0.4) is 0 Å². The van der Waals surface area contributed by atoms with Crippen molar-refractivity contribution in [3.63, 3.8) is 0 Å². The topological polar surface area (TPSA) is 66.0 Å². The van der Waals surface area contributed by atoms with Crippen molar-refractivity contribution < 1.29 is 23.7 Å². The van der Waals surface area contributed by atoms with Gasteiger partial charge in [-0.05, 0) is 37.1 Å². The summed E-state index contributed by atoms with van der Waals surface area (Å²) in [5, 5.41) is 2.94. The molecule has 3 rings (SSSR count). The summed E-state index contributed by atoms with van der Waals surface area (Å²) in [7, 11) is 3.15. The lowest BCUT2D eigenvalue weighted by Crippen LogP contribution is -2.14. The van der Waals surface area contributed by atoms with Crippen molar-refractivity contribution >= 4 is 11.6 Å². The minimum Gasteiger partial charge on any atom is -0.496 e. The van der Waals surface area contributed by atoms with E-state index in [0.29, 0.717) is 36.0 Å². The number of methoxy groups -OCH3 is 2. The van der Waals surface area contributed by atoms with Crippen LogP contribution in [0.2, 0.25) is 0 Å². The molecule has 0 atom stereocenters. The van der Waals surface area contributed by atoms with Crippen LogP contribution in [0.4, 0.5) is 5.69 Å². The number of aryl methyl sites for hydroxylation is 2. The largest absolute Gasteiger partial charge is 0.496 e. The molecule has 0 aromatic heterocycles. The Morgan fingerprint density at radius 3 is 2.23 bits per heavy atom. The summed E-state index contributed by atoms with van der Waals surface area (Å²) in [6.07, 6.45) is 0.794. The zero-order chi connectivity index (χ0) is 18.7. The number of fused-ring (bicyclic) bond motifs is 1. The summed E-state index contributed by atoms with van der Waals surface area (Å²) in [5.74, 6) is 2.09. The highest BCUT2D eigenvalue weighted by atomic mass is 16.5. The van der Waals surface area contributed by atoms with E-state index >= 15 is 0 Å². The van der Waals surface area contributed by atoms with Gasteiger partial charge in [0.1, 0.15) is 11.5 Å². The van der Waals surface area contributed by atoms with Gasteiger partial charge in [0, 0.05) is 24.2 Å². The van der Waals surface area contributed by atoms with Crippen LogP contribution >= 0.6 is 0 Å². The first-order valence-corrected chi connectivity index (χ1v) is 8.47. The van der Waals surface area contributed by atoms with E-state index in [1.165, 1.54) is 7.11 Å². The van der Waals surface area contributed by atoms with Gasteiger partial charge in [0.05, 0.1) is 33.0 Å². The maximum Gasteiger partial charge on any atom is 0.259 e. The second-order valence-electron chi connectivity index (χ2n) is 6.14. The van der Waals surface area contributed by atoms with Crippen molar-refractivity contribution in [3.8, 4) is 23.0 Å². The van der Waals surface area contributed by atoms with Gasteiger partial charge in [0.15, 0.2) is 11.5 Å². The quantitative estimate of drug-likeness (QED) is 0.903. The first-order chi connectivity index (χ1) is 12.5. The van der Waals surface area contributed by atoms with Crippen molar-refractivity contribution in [2.24, 2.45) is 0 Å². The van der Waals surface area contributed by atoms with Crippen LogP contribution in [0, 0.1) is 13.8 Å². The maximum absolute atomic E-state index is 12.9. The molecule has 1 aliphatic heterocycles. The monoisotopic (exact) mass is 357 g/mol. The molecule has 0 unspecified atom stereocenters. The average molecular weight is 357 g/mol. The van der Waals surface area contributed by atoms with Crippen LogP contribution in [-0.2, 0) is 0 Å². The Morgan fingerprint density at radius 2 is 1.58 bits per heavy atom. The number of carbonyl (C=O) groups is 1. The van der Waals surface area contributed by atoms with E-state index in [1.54, 1.807) is 19.2 Å². The van der Waals surface area contributed by atoms with Crippen LogP contribution in [0.25, 0.3) is 0 Å². The first kappa shape index (κ1) is 17.9. The molecular weight excluding hydrogens is 334 g/mol. The highest BCUT2D eigenvalue weighted by Gasteiger charge is 2.20. The summed E-state index contributed by atoms with van der Waals surface area (Å²) < 4.78 is 22.0. The molecule has 26 heavy (non-hydrogen) atoms. The van der Waals surface area contributed by atoms with E-state index in [4.69, 9.17) is 18.9 Å². The lowest BCUT2D eigenvalue weighted by atomic mass is 10.1. The fraction of sp³-hybridized carbons (Fsp3) is 0.350. The fourth-order valence-electron chi connectivity index (χ4n) is 2.87. The highest BCUT2D eigenvalue weighted by Crippen LogP contribution is 2.37. The Bertz CT molecular complexity index is 831. The molecule has 138 valence electrons. The SMILES string of the molecule is COc1cc(C)c(NC(=O)c2cc3c(cc2OC)OCCCO3)cc1C. The van der Waals surface area contributed by atoms with Gasteiger partial charge in [-0.1, -0.05) is 0 Å². The zero-order valence-corrected chi connectivity index (χ0v) is 15.5. The molecule has 1 aliphatic rings. The molecule has 0 fully saturated rings. The number of hydrogen-bond donors (Lipinski definition) is 1. The second kappa shape index (κ2) is 7.56. The average Bonchev–Trinajstić information content (AvgIpc) is 2.87.